The molecule has 0 spiro atoms. The first-order valence-corrected chi connectivity index (χ1v) is 6.70. The zero-order valence-electron chi connectivity index (χ0n) is 8.79. The van der Waals surface area contributed by atoms with Gasteiger partial charge in [0.2, 0.25) is 0 Å². The molecule has 82 valence electrons. The summed E-state index contributed by atoms with van der Waals surface area (Å²) < 4.78 is 1.93. The Morgan fingerprint density at radius 1 is 1.27 bits per heavy atom. The first-order valence-electron chi connectivity index (χ1n) is 5.58. The van der Waals surface area contributed by atoms with E-state index in [0.717, 1.165) is 18.2 Å². The van der Waals surface area contributed by atoms with Crippen molar-refractivity contribution in [1.29, 1.82) is 0 Å². The number of nitrogens with zero attached hydrogens (tertiary/aromatic N) is 1. The summed E-state index contributed by atoms with van der Waals surface area (Å²) in [5, 5.41) is 0.819. The van der Waals surface area contributed by atoms with E-state index in [1.165, 1.54) is 24.8 Å². The highest BCUT2D eigenvalue weighted by atomic mass is 79.9. The minimum Gasteiger partial charge on any atom is -0.312 e. The van der Waals surface area contributed by atoms with Crippen molar-refractivity contribution in [3.05, 3.63) is 34.2 Å². The van der Waals surface area contributed by atoms with Crippen LogP contribution < -0.4 is 5.56 Å². The van der Waals surface area contributed by atoms with Gasteiger partial charge >= 0.3 is 0 Å². The highest BCUT2D eigenvalue weighted by molar-refractivity contribution is 9.08. The van der Waals surface area contributed by atoms with Crippen molar-refractivity contribution in [2.45, 2.75) is 43.5 Å². The van der Waals surface area contributed by atoms with Crippen LogP contribution in [0.15, 0.2) is 23.1 Å². The average molecular weight is 270 g/mol. The Hall–Kier alpha value is -0.570. The van der Waals surface area contributed by atoms with Crippen molar-refractivity contribution in [2.75, 3.05) is 0 Å². The summed E-state index contributed by atoms with van der Waals surface area (Å²) in [5.74, 6) is 0. The summed E-state index contributed by atoms with van der Waals surface area (Å²) in [6, 6.07) is 4.02. The van der Waals surface area contributed by atoms with Crippen LogP contribution in [0.3, 0.4) is 0 Å². The molecule has 3 heteroatoms. The third-order valence-corrected chi connectivity index (χ3v) is 3.77. The quantitative estimate of drug-likeness (QED) is 0.756. The number of pyridine rings is 1. The maximum absolute atomic E-state index is 11.7. The molecule has 2 nitrogen and oxygen atoms in total. The second kappa shape index (κ2) is 4.97. The van der Waals surface area contributed by atoms with E-state index in [0.29, 0.717) is 6.04 Å². The van der Waals surface area contributed by atoms with Gasteiger partial charge in [-0.3, -0.25) is 4.79 Å². The van der Waals surface area contributed by atoms with Gasteiger partial charge in [-0.25, -0.2) is 0 Å². The average Bonchev–Trinajstić information content (AvgIpc) is 2.31. The van der Waals surface area contributed by atoms with Gasteiger partial charge in [0.05, 0.1) is 0 Å². The van der Waals surface area contributed by atoms with Crippen LogP contribution in [0.4, 0.5) is 0 Å². The van der Waals surface area contributed by atoms with Crippen LogP contribution in [0.2, 0.25) is 0 Å². The minimum atomic E-state index is 0.145. The number of alkyl halides is 1. The summed E-state index contributed by atoms with van der Waals surface area (Å²) in [7, 11) is 0. The van der Waals surface area contributed by atoms with Crippen LogP contribution in [0.1, 0.15) is 43.7 Å². The Morgan fingerprint density at radius 3 is 2.67 bits per heavy atom. The predicted molar refractivity (Wildman–Crippen MR) is 65.5 cm³/mol. The van der Waals surface area contributed by atoms with E-state index in [1.54, 1.807) is 6.07 Å². The monoisotopic (exact) mass is 269 g/mol. The Morgan fingerprint density at radius 2 is 2.00 bits per heavy atom. The zero-order valence-corrected chi connectivity index (χ0v) is 10.4. The van der Waals surface area contributed by atoms with E-state index < -0.39 is 0 Å². The van der Waals surface area contributed by atoms with Gasteiger partial charge in [-0.05, 0) is 18.4 Å². The molecule has 1 heterocycles. The van der Waals surface area contributed by atoms with Crippen molar-refractivity contribution < 1.29 is 0 Å². The first-order chi connectivity index (χ1) is 7.31. The van der Waals surface area contributed by atoms with Gasteiger partial charge in [0.15, 0.2) is 0 Å². The van der Waals surface area contributed by atoms with Gasteiger partial charge < -0.3 is 4.57 Å². The molecule has 2 rings (SSSR count). The zero-order chi connectivity index (χ0) is 10.7. The molecule has 1 saturated carbocycles. The predicted octanol–water partition coefficient (Wildman–Crippen LogP) is 3.25. The lowest BCUT2D eigenvalue weighted by molar-refractivity contribution is 0.346. The van der Waals surface area contributed by atoms with Crippen molar-refractivity contribution in [3.63, 3.8) is 0 Å². The second-order valence-electron chi connectivity index (χ2n) is 4.21. The van der Waals surface area contributed by atoms with Crippen LogP contribution >= 0.6 is 15.9 Å². The van der Waals surface area contributed by atoms with E-state index in [1.807, 2.05) is 16.8 Å². The van der Waals surface area contributed by atoms with E-state index >= 15 is 0 Å². The molecule has 0 aliphatic heterocycles. The number of aromatic nitrogens is 1. The molecule has 1 aliphatic rings. The minimum absolute atomic E-state index is 0.145. The fourth-order valence-electron chi connectivity index (χ4n) is 2.27. The Bertz CT molecular complexity index is 379. The molecule has 0 radical (unpaired) electrons. The molecule has 1 aromatic heterocycles. The summed E-state index contributed by atoms with van der Waals surface area (Å²) in [4.78, 5) is 11.7. The lowest BCUT2D eigenvalue weighted by atomic mass is 9.95. The smallest absolute Gasteiger partial charge is 0.250 e. The summed E-state index contributed by atoms with van der Waals surface area (Å²) in [6.07, 6.45) is 8.17. The largest absolute Gasteiger partial charge is 0.312 e. The molecule has 0 unspecified atom stereocenters. The second-order valence-corrected chi connectivity index (χ2v) is 4.77. The Balaban J connectivity index is 2.28. The lowest BCUT2D eigenvalue weighted by Gasteiger charge is -2.24. The molecule has 1 aromatic rings. The first kappa shape index (κ1) is 10.9. The molecule has 1 fully saturated rings. The Labute approximate surface area is 98.4 Å². The highest BCUT2D eigenvalue weighted by Crippen LogP contribution is 2.26. The van der Waals surface area contributed by atoms with Crippen molar-refractivity contribution in [1.82, 2.24) is 4.57 Å². The van der Waals surface area contributed by atoms with Crippen LogP contribution in [0.5, 0.6) is 0 Å². The van der Waals surface area contributed by atoms with Gasteiger partial charge in [-0.15, -0.1) is 0 Å². The molecule has 0 aromatic carbocycles. The van der Waals surface area contributed by atoms with Crippen LogP contribution in [-0.2, 0) is 5.33 Å². The van der Waals surface area contributed by atoms with Crippen LogP contribution in [0.25, 0.3) is 0 Å². The third-order valence-electron chi connectivity index (χ3n) is 3.12. The highest BCUT2D eigenvalue weighted by Gasteiger charge is 2.15. The summed E-state index contributed by atoms with van der Waals surface area (Å²) in [5.41, 5.74) is 1.33. The maximum Gasteiger partial charge on any atom is 0.250 e. The van der Waals surface area contributed by atoms with E-state index in [-0.39, 0.29) is 5.56 Å². The van der Waals surface area contributed by atoms with Gasteiger partial charge in [0.25, 0.3) is 5.56 Å². The molecule has 0 N–H and O–H groups in total. The molecule has 0 atom stereocenters. The van der Waals surface area contributed by atoms with Gasteiger partial charge in [0.1, 0.15) is 0 Å². The van der Waals surface area contributed by atoms with E-state index in [9.17, 15) is 4.79 Å². The van der Waals surface area contributed by atoms with Crippen molar-refractivity contribution in [2.24, 2.45) is 0 Å². The standard InChI is InChI=1S/C12H16BrNO/c13-8-10-6-7-12(15)14(9-10)11-4-2-1-3-5-11/h6-7,9,11H,1-5,8H2. The number of hydrogen-bond acceptors (Lipinski definition) is 1. The van der Waals surface area contributed by atoms with E-state index in [4.69, 9.17) is 0 Å². The van der Waals surface area contributed by atoms with Gasteiger partial charge in [-0.1, -0.05) is 41.3 Å². The third kappa shape index (κ3) is 2.51. The van der Waals surface area contributed by atoms with E-state index in [2.05, 4.69) is 15.9 Å². The maximum atomic E-state index is 11.7. The molecular formula is C12H16BrNO. The van der Waals surface area contributed by atoms with Crippen LogP contribution in [-0.4, -0.2) is 4.57 Å². The SMILES string of the molecule is O=c1ccc(CBr)cn1C1CCCCC1. The van der Waals surface area contributed by atoms with Gasteiger partial charge in [0, 0.05) is 23.6 Å². The fraction of sp³-hybridized carbons (Fsp3) is 0.583. The van der Waals surface area contributed by atoms with Crippen molar-refractivity contribution >= 4 is 15.9 Å². The lowest BCUT2D eigenvalue weighted by Crippen LogP contribution is -2.25. The Kier molecular flexibility index (Phi) is 3.62. The molecular weight excluding hydrogens is 254 g/mol. The fourth-order valence-corrected chi connectivity index (χ4v) is 2.60. The van der Waals surface area contributed by atoms with Gasteiger partial charge in [-0.2, -0.15) is 0 Å². The number of rotatable bonds is 2. The number of halogens is 1. The number of hydrogen-bond donors (Lipinski definition) is 0. The molecule has 0 bridgehead atoms. The normalized spacial score (nSPS) is 17.9. The molecule has 1 aliphatic carbocycles. The summed E-state index contributed by atoms with van der Waals surface area (Å²) >= 11 is 3.42. The summed E-state index contributed by atoms with van der Waals surface area (Å²) in [6.45, 7) is 0. The molecule has 0 saturated heterocycles. The van der Waals surface area contributed by atoms with Crippen molar-refractivity contribution in [3.8, 4) is 0 Å². The molecule has 0 amide bonds. The van der Waals surface area contributed by atoms with Crippen LogP contribution in [0, 0.1) is 0 Å². The molecule has 15 heavy (non-hydrogen) atoms. The topological polar surface area (TPSA) is 22.0 Å².